The SMILES string of the molecule is O=C(Nc1ccnn1Cc1cccc(Cl)c1Cl)c1ccc(CN2C(=O)CNC2=O)cc1. The lowest BCUT2D eigenvalue weighted by molar-refractivity contribution is -0.125. The van der Waals surface area contributed by atoms with E-state index in [9.17, 15) is 14.4 Å². The van der Waals surface area contributed by atoms with E-state index >= 15 is 0 Å². The van der Waals surface area contributed by atoms with Crippen LogP contribution in [-0.4, -0.2) is 39.1 Å². The summed E-state index contributed by atoms with van der Waals surface area (Å²) in [6.45, 7) is 0.500. The summed E-state index contributed by atoms with van der Waals surface area (Å²) in [6.07, 6.45) is 1.58. The van der Waals surface area contributed by atoms with Crippen LogP contribution in [0, 0.1) is 0 Å². The van der Waals surface area contributed by atoms with Gasteiger partial charge in [-0.05, 0) is 29.3 Å². The highest BCUT2D eigenvalue weighted by Gasteiger charge is 2.28. The molecule has 3 aromatic rings. The van der Waals surface area contributed by atoms with Crippen LogP contribution in [0.5, 0.6) is 0 Å². The minimum Gasteiger partial charge on any atom is -0.329 e. The Bertz CT molecular complexity index is 1140. The molecule has 31 heavy (non-hydrogen) atoms. The number of nitrogens with zero attached hydrogens (tertiary/aromatic N) is 3. The van der Waals surface area contributed by atoms with Crippen molar-refractivity contribution in [2.24, 2.45) is 0 Å². The Hall–Kier alpha value is -3.36. The van der Waals surface area contributed by atoms with Gasteiger partial charge in [0.25, 0.3) is 5.91 Å². The van der Waals surface area contributed by atoms with Gasteiger partial charge in [0.2, 0.25) is 5.91 Å². The van der Waals surface area contributed by atoms with Gasteiger partial charge in [-0.2, -0.15) is 5.10 Å². The Morgan fingerprint density at radius 3 is 2.55 bits per heavy atom. The van der Waals surface area contributed by atoms with Crippen molar-refractivity contribution >= 4 is 46.9 Å². The number of hydrogen-bond acceptors (Lipinski definition) is 4. The van der Waals surface area contributed by atoms with Gasteiger partial charge in [-0.15, -0.1) is 0 Å². The lowest BCUT2D eigenvalue weighted by Gasteiger charge is -2.13. The average molecular weight is 458 g/mol. The predicted octanol–water partition coefficient (Wildman–Crippen LogP) is 3.54. The van der Waals surface area contributed by atoms with Crippen molar-refractivity contribution in [3.05, 3.63) is 81.5 Å². The standard InChI is InChI=1S/C21H17Cl2N5O3/c22-16-3-1-2-15(19(16)23)12-28-17(8-9-25-28)26-20(30)14-6-4-13(5-7-14)11-27-18(29)10-24-21(27)31/h1-9H,10-12H2,(H,24,31)(H,26,30). The fourth-order valence-electron chi connectivity index (χ4n) is 3.14. The molecule has 0 radical (unpaired) electrons. The Labute approximate surface area is 187 Å². The number of anilines is 1. The molecule has 2 aromatic carbocycles. The number of hydrogen-bond donors (Lipinski definition) is 2. The second-order valence-electron chi connectivity index (χ2n) is 6.88. The highest BCUT2D eigenvalue weighted by molar-refractivity contribution is 6.42. The van der Waals surface area contributed by atoms with E-state index in [-0.39, 0.29) is 24.9 Å². The minimum atomic E-state index is -0.417. The number of imide groups is 1. The molecule has 10 heteroatoms. The van der Waals surface area contributed by atoms with Gasteiger partial charge in [0, 0.05) is 11.6 Å². The number of nitrogens with one attached hydrogen (secondary N) is 2. The van der Waals surface area contributed by atoms with Crippen LogP contribution in [0.1, 0.15) is 21.5 Å². The number of urea groups is 1. The second kappa shape index (κ2) is 8.79. The molecule has 4 amide bonds. The molecule has 4 rings (SSSR count). The van der Waals surface area contributed by atoms with E-state index in [1.807, 2.05) is 6.07 Å². The Kier molecular flexibility index (Phi) is 5.92. The summed E-state index contributed by atoms with van der Waals surface area (Å²) >= 11 is 12.3. The first-order valence-electron chi connectivity index (χ1n) is 9.35. The molecule has 1 fully saturated rings. The highest BCUT2D eigenvalue weighted by Crippen LogP contribution is 2.26. The summed E-state index contributed by atoms with van der Waals surface area (Å²) in [4.78, 5) is 37.2. The molecule has 1 aliphatic heterocycles. The molecule has 0 unspecified atom stereocenters. The summed E-state index contributed by atoms with van der Waals surface area (Å²) in [5.41, 5.74) is 1.94. The van der Waals surface area contributed by atoms with Crippen LogP contribution in [0.25, 0.3) is 0 Å². The number of carbonyl (C=O) groups excluding carboxylic acids is 3. The van der Waals surface area contributed by atoms with Gasteiger partial charge in [-0.1, -0.05) is 47.5 Å². The number of benzene rings is 2. The molecule has 2 heterocycles. The van der Waals surface area contributed by atoms with Crippen molar-refractivity contribution in [2.45, 2.75) is 13.1 Å². The molecular formula is C21H17Cl2N5O3. The van der Waals surface area contributed by atoms with Crippen LogP contribution >= 0.6 is 23.2 Å². The Morgan fingerprint density at radius 1 is 1.06 bits per heavy atom. The molecule has 0 spiro atoms. The van der Waals surface area contributed by atoms with E-state index in [4.69, 9.17) is 23.2 Å². The van der Waals surface area contributed by atoms with Gasteiger partial charge in [0.05, 0.1) is 35.9 Å². The quantitative estimate of drug-likeness (QED) is 0.553. The number of halogens is 2. The smallest absolute Gasteiger partial charge is 0.324 e. The fourth-order valence-corrected chi connectivity index (χ4v) is 3.52. The third kappa shape index (κ3) is 4.55. The monoisotopic (exact) mass is 457 g/mol. The first-order chi connectivity index (χ1) is 14.9. The Morgan fingerprint density at radius 2 is 1.84 bits per heavy atom. The lowest BCUT2D eigenvalue weighted by atomic mass is 10.1. The summed E-state index contributed by atoms with van der Waals surface area (Å²) in [6, 6.07) is 13.3. The van der Waals surface area contributed by atoms with Crippen LogP contribution in [0.2, 0.25) is 10.0 Å². The van der Waals surface area contributed by atoms with Gasteiger partial charge in [0.1, 0.15) is 5.82 Å². The molecule has 1 saturated heterocycles. The van der Waals surface area contributed by atoms with Crippen molar-refractivity contribution in [1.82, 2.24) is 20.0 Å². The van der Waals surface area contributed by atoms with Gasteiger partial charge in [-0.25, -0.2) is 9.48 Å². The number of amides is 4. The number of aromatic nitrogens is 2. The van der Waals surface area contributed by atoms with Gasteiger partial charge in [0.15, 0.2) is 0 Å². The van der Waals surface area contributed by atoms with Gasteiger partial charge < -0.3 is 10.6 Å². The van der Waals surface area contributed by atoms with Gasteiger partial charge >= 0.3 is 6.03 Å². The number of carbonyl (C=O) groups is 3. The molecule has 1 aromatic heterocycles. The van der Waals surface area contributed by atoms with Gasteiger partial charge in [-0.3, -0.25) is 14.5 Å². The molecule has 8 nitrogen and oxygen atoms in total. The number of rotatable bonds is 6. The molecule has 0 atom stereocenters. The molecule has 0 aliphatic carbocycles. The summed E-state index contributed by atoms with van der Waals surface area (Å²) in [5.74, 6) is -0.0928. The maximum absolute atomic E-state index is 12.7. The van der Waals surface area contributed by atoms with E-state index in [1.165, 1.54) is 0 Å². The fraction of sp³-hybridized carbons (Fsp3) is 0.143. The van der Waals surface area contributed by atoms with E-state index in [0.29, 0.717) is 28.0 Å². The summed E-state index contributed by atoms with van der Waals surface area (Å²) in [7, 11) is 0. The second-order valence-corrected chi connectivity index (χ2v) is 7.66. The van der Waals surface area contributed by atoms with E-state index in [1.54, 1.807) is 53.3 Å². The minimum absolute atomic E-state index is 0.00735. The molecular weight excluding hydrogens is 441 g/mol. The van der Waals surface area contributed by atoms with E-state index in [2.05, 4.69) is 15.7 Å². The maximum Gasteiger partial charge on any atom is 0.324 e. The molecule has 158 valence electrons. The molecule has 0 bridgehead atoms. The highest BCUT2D eigenvalue weighted by atomic mass is 35.5. The predicted molar refractivity (Wildman–Crippen MR) is 116 cm³/mol. The first-order valence-corrected chi connectivity index (χ1v) is 10.1. The van der Waals surface area contributed by atoms with Crippen LogP contribution in [0.3, 0.4) is 0 Å². The zero-order valence-corrected chi connectivity index (χ0v) is 17.7. The van der Waals surface area contributed by atoms with Crippen molar-refractivity contribution in [3.8, 4) is 0 Å². The van der Waals surface area contributed by atoms with Crippen LogP contribution in [-0.2, 0) is 17.9 Å². The topological polar surface area (TPSA) is 96.3 Å². The van der Waals surface area contributed by atoms with Crippen molar-refractivity contribution < 1.29 is 14.4 Å². The first kappa shape index (κ1) is 20.9. The zero-order chi connectivity index (χ0) is 22.0. The third-order valence-corrected chi connectivity index (χ3v) is 5.66. The average Bonchev–Trinajstić information content (AvgIpc) is 3.33. The molecule has 0 saturated carbocycles. The van der Waals surface area contributed by atoms with Crippen molar-refractivity contribution in [1.29, 1.82) is 0 Å². The van der Waals surface area contributed by atoms with E-state index in [0.717, 1.165) is 16.0 Å². The summed E-state index contributed by atoms with van der Waals surface area (Å²) in [5, 5.41) is 10.4. The Balaban J connectivity index is 1.43. The van der Waals surface area contributed by atoms with Crippen LogP contribution < -0.4 is 10.6 Å². The zero-order valence-electron chi connectivity index (χ0n) is 16.1. The lowest BCUT2D eigenvalue weighted by Crippen LogP contribution is -2.30. The largest absolute Gasteiger partial charge is 0.329 e. The van der Waals surface area contributed by atoms with Crippen LogP contribution in [0.4, 0.5) is 10.6 Å². The molecule has 1 aliphatic rings. The maximum atomic E-state index is 12.7. The van der Waals surface area contributed by atoms with E-state index < -0.39 is 6.03 Å². The third-order valence-electron chi connectivity index (χ3n) is 4.80. The molecule has 2 N–H and O–H groups in total. The van der Waals surface area contributed by atoms with Crippen LogP contribution in [0.15, 0.2) is 54.7 Å². The van der Waals surface area contributed by atoms with Crippen molar-refractivity contribution in [2.75, 3.05) is 11.9 Å². The summed E-state index contributed by atoms with van der Waals surface area (Å²) < 4.78 is 1.61. The normalized spacial score (nSPS) is 13.4. The van der Waals surface area contributed by atoms with Crippen molar-refractivity contribution in [3.63, 3.8) is 0 Å².